The highest BCUT2D eigenvalue weighted by molar-refractivity contribution is 5.92. The normalized spacial score (nSPS) is 23.7. The van der Waals surface area contributed by atoms with Crippen LogP contribution >= 0.6 is 0 Å². The van der Waals surface area contributed by atoms with Crippen molar-refractivity contribution >= 4 is 5.78 Å². The summed E-state index contributed by atoms with van der Waals surface area (Å²) in [5.74, 6) is 5.63. The van der Waals surface area contributed by atoms with Crippen LogP contribution in [-0.2, 0) is 4.79 Å². The SMILES string of the molecule is O=C1C=C[C@@](O)(C#Cc2ccccc2)[C@@H](c2ccccc2)C1. The van der Waals surface area contributed by atoms with E-state index in [1.165, 1.54) is 12.2 Å². The molecule has 2 heteroatoms. The summed E-state index contributed by atoms with van der Waals surface area (Å²) in [4.78, 5) is 11.8. The van der Waals surface area contributed by atoms with E-state index < -0.39 is 5.60 Å². The van der Waals surface area contributed by atoms with Crippen LogP contribution in [0.15, 0.2) is 72.8 Å². The first kappa shape index (κ1) is 14.3. The Bertz CT molecular complexity index is 751. The molecule has 0 saturated heterocycles. The second-order valence-electron chi connectivity index (χ2n) is 5.41. The van der Waals surface area contributed by atoms with Gasteiger partial charge in [0.25, 0.3) is 0 Å². The fraction of sp³-hybridized carbons (Fsp3) is 0.150. The van der Waals surface area contributed by atoms with E-state index >= 15 is 0 Å². The lowest BCUT2D eigenvalue weighted by Gasteiger charge is -2.31. The van der Waals surface area contributed by atoms with Crippen molar-refractivity contribution in [1.82, 2.24) is 0 Å². The smallest absolute Gasteiger partial charge is 0.156 e. The highest BCUT2D eigenvalue weighted by atomic mass is 16.3. The average molecular weight is 288 g/mol. The van der Waals surface area contributed by atoms with Crippen molar-refractivity contribution in [3.05, 3.63) is 83.9 Å². The topological polar surface area (TPSA) is 37.3 Å². The summed E-state index contributed by atoms with van der Waals surface area (Å²) < 4.78 is 0. The van der Waals surface area contributed by atoms with Gasteiger partial charge >= 0.3 is 0 Å². The van der Waals surface area contributed by atoms with Crippen molar-refractivity contribution in [2.75, 3.05) is 0 Å². The third-order valence-corrected chi connectivity index (χ3v) is 3.84. The van der Waals surface area contributed by atoms with Crippen LogP contribution in [0, 0.1) is 11.8 Å². The zero-order valence-electron chi connectivity index (χ0n) is 12.1. The van der Waals surface area contributed by atoms with Crippen LogP contribution in [-0.4, -0.2) is 16.5 Å². The fourth-order valence-corrected chi connectivity index (χ4v) is 2.64. The first-order chi connectivity index (χ1) is 10.7. The van der Waals surface area contributed by atoms with E-state index in [0.717, 1.165) is 11.1 Å². The van der Waals surface area contributed by atoms with Crippen LogP contribution in [0.3, 0.4) is 0 Å². The molecule has 2 aromatic rings. The number of benzene rings is 2. The van der Waals surface area contributed by atoms with Crippen molar-refractivity contribution in [3.63, 3.8) is 0 Å². The monoisotopic (exact) mass is 288 g/mol. The Kier molecular flexibility index (Phi) is 3.91. The molecule has 0 amide bonds. The second kappa shape index (κ2) is 6.01. The van der Waals surface area contributed by atoms with Crippen LogP contribution in [0.25, 0.3) is 0 Å². The van der Waals surface area contributed by atoms with Gasteiger partial charge in [-0.25, -0.2) is 0 Å². The second-order valence-corrected chi connectivity index (χ2v) is 5.41. The Hall–Kier alpha value is -2.63. The maximum atomic E-state index is 11.8. The van der Waals surface area contributed by atoms with Crippen molar-refractivity contribution in [2.24, 2.45) is 0 Å². The first-order valence-corrected chi connectivity index (χ1v) is 7.25. The maximum Gasteiger partial charge on any atom is 0.156 e. The number of hydrogen-bond acceptors (Lipinski definition) is 2. The Morgan fingerprint density at radius 2 is 1.64 bits per heavy atom. The third-order valence-electron chi connectivity index (χ3n) is 3.84. The number of allylic oxidation sites excluding steroid dienone is 1. The van der Waals surface area contributed by atoms with Gasteiger partial charge in [-0.05, 0) is 29.8 Å². The molecule has 1 N–H and O–H groups in total. The molecule has 2 aromatic carbocycles. The lowest BCUT2D eigenvalue weighted by atomic mass is 9.75. The van der Waals surface area contributed by atoms with E-state index in [2.05, 4.69) is 11.8 Å². The van der Waals surface area contributed by atoms with Gasteiger partial charge in [-0.15, -0.1) is 0 Å². The van der Waals surface area contributed by atoms with E-state index in [1.807, 2.05) is 60.7 Å². The molecule has 3 rings (SSSR count). The molecular weight excluding hydrogens is 272 g/mol. The van der Waals surface area contributed by atoms with Gasteiger partial charge in [0.05, 0.1) is 0 Å². The Morgan fingerprint density at radius 3 is 2.32 bits per heavy atom. The van der Waals surface area contributed by atoms with Crippen LogP contribution in [0.4, 0.5) is 0 Å². The standard InChI is InChI=1S/C20H16O2/c21-18-12-14-20(22,13-11-16-7-3-1-4-8-16)19(15-18)17-9-5-2-6-10-17/h1-10,12,14,19,22H,15H2/t19-,20+/m1/s1. The summed E-state index contributed by atoms with van der Waals surface area (Å²) in [6, 6.07) is 19.1. The molecule has 0 spiro atoms. The van der Waals surface area contributed by atoms with Gasteiger partial charge in [-0.1, -0.05) is 60.4 Å². The Labute approximate surface area is 130 Å². The summed E-state index contributed by atoms with van der Waals surface area (Å²) in [5, 5.41) is 11.0. The largest absolute Gasteiger partial charge is 0.373 e. The zero-order chi connectivity index (χ0) is 15.4. The lowest BCUT2D eigenvalue weighted by molar-refractivity contribution is -0.116. The van der Waals surface area contributed by atoms with E-state index in [1.54, 1.807) is 0 Å². The highest BCUT2D eigenvalue weighted by Gasteiger charge is 2.38. The third kappa shape index (κ3) is 3.00. The van der Waals surface area contributed by atoms with Crippen LogP contribution in [0.5, 0.6) is 0 Å². The number of carbonyl (C=O) groups is 1. The lowest BCUT2D eigenvalue weighted by Crippen LogP contribution is -2.37. The first-order valence-electron chi connectivity index (χ1n) is 7.25. The van der Waals surface area contributed by atoms with Gasteiger partial charge in [0.2, 0.25) is 0 Å². The highest BCUT2D eigenvalue weighted by Crippen LogP contribution is 2.35. The summed E-state index contributed by atoms with van der Waals surface area (Å²) in [6.45, 7) is 0. The van der Waals surface area contributed by atoms with Crippen molar-refractivity contribution < 1.29 is 9.90 Å². The Morgan fingerprint density at radius 1 is 1.00 bits per heavy atom. The molecule has 0 aliphatic heterocycles. The minimum absolute atomic E-state index is 0.0139. The molecule has 0 unspecified atom stereocenters. The number of hydrogen-bond donors (Lipinski definition) is 1. The predicted octanol–water partition coefficient (Wildman–Crippen LogP) is 3.08. The van der Waals surface area contributed by atoms with Gasteiger partial charge < -0.3 is 5.11 Å². The van der Waals surface area contributed by atoms with Gasteiger partial charge in [0.15, 0.2) is 11.4 Å². The minimum Gasteiger partial charge on any atom is -0.373 e. The average Bonchev–Trinajstić information content (AvgIpc) is 2.57. The summed E-state index contributed by atoms with van der Waals surface area (Å²) in [6.07, 6.45) is 3.21. The molecular formula is C20H16O2. The van der Waals surface area contributed by atoms with E-state index in [-0.39, 0.29) is 18.1 Å². The van der Waals surface area contributed by atoms with Crippen LogP contribution in [0.2, 0.25) is 0 Å². The van der Waals surface area contributed by atoms with Gasteiger partial charge in [0.1, 0.15) is 0 Å². The van der Waals surface area contributed by atoms with Crippen molar-refractivity contribution in [2.45, 2.75) is 17.9 Å². The van der Waals surface area contributed by atoms with Crippen LogP contribution in [0.1, 0.15) is 23.5 Å². The molecule has 2 nitrogen and oxygen atoms in total. The van der Waals surface area contributed by atoms with E-state index in [4.69, 9.17) is 0 Å². The quantitative estimate of drug-likeness (QED) is 0.819. The zero-order valence-corrected chi connectivity index (χ0v) is 12.1. The summed E-state index contributed by atoms with van der Waals surface area (Å²) in [5.41, 5.74) is 0.434. The molecule has 0 saturated carbocycles. The van der Waals surface area contributed by atoms with Crippen molar-refractivity contribution in [1.29, 1.82) is 0 Å². The van der Waals surface area contributed by atoms with Gasteiger partial charge in [0, 0.05) is 17.9 Å². The van der Waals surface area contributed by atoms with Gasteiger partial charge in [-0.2, -0.15) is 0 Å². The molecule has 22 heavy (non-hydrogen) atoms. The Balaban J connectivity index is 2.00. The maximum absolute atomic E-state index is 11.8. The molecule has 108 valence electrons. The molecule has 1 aliphatic rings. The molecule has 0 fully saturated rings. The predicted molar refractivity (Wildman–Crippen MR) is 86.2 cm³/mol. The molecule has 0 radical (unpaired) electrons. The molecule has 2 atom stereocenters. The number of carbonyl (C=O) groups excluding carboxylic acids is 1. The molecule has 1 aliphatic carbocycles. The van der Waals surface area contributed by atoms with E-state index in [9.17, 15) is 9.90 Å². The molecule has 0 heterocycles. The summed E-state index contributed by atoms with van der Waals surface area (Å²) in [7, 11) is 0. The number of ketones is 1. The summed E-state index contributed by atoms with van der Waals surface area (Å²) >= 11 is 0. The van der Waals surface area contributed by atoms with E-state index in [0.29, 0.717) is 0 Å². The van der Waals surface area contributed by atoms with Crippen molar-refractivity contribution in [3.8, 4) is 11.8 Å². The number of aliphatic hydroxyl groups is 1. The van der Waals surface area contributed by atoms with Gasteiger partial charge in [-0.3, -0.25) is 4.79 Å². The number of rotatable bonds is 1. The fourth-order valence-electron chi connectivity index (χ4n) is 2.64. The van der Waals surface area contributed by atoms with Crippen LogP contribution < -0.4 is 0 Å². The molecule has 0 aromatic heterocycles. The minimum atomic E-state index is -1.33. The molecule has 0 bridgehead atoms.